The third-order valence-corrected chi connectivity index (χ3v) is 1.90. The molecule has 0 saturated carbocycles. The van der Waals surface area contributed by atoms with Crippen LogP contribution in [-0.2, 0) is 39.5 Å². The number of hydrogen-bond donors (Lipinski definition) is 0. The van der Waals surface area contributed by atoms with Gasteiger partial charge in [0, 0.05) is 24.8 Å². The van der Waals surface area contributed by atoms with E-state index in [0.717, 1.165) is 64.8 Å². The Morgan fingerprint density at radius 3 is 1.26 bits per heavy atom. The van der Waals surface area contributed by atoms with Gasteiger partial charge in [0.1, 0.15) is 13.2 Å². The Morgan fingerprint density at radius 1 is 0.913 bits per heavy atom. The predicted octanol–water partition coefficient (Wildman–Crippen LogP) is -0.840. The predicted molar refractivity (Wildman–Crippen MR) is 78.5 cm³/mol. The molecule has 0 aromatic heterocycles. The van der Waals surface area contributed by atoms with E-state index >= 15 is 0 Å². The van der Waals surface area contributed by atoms with E-state index < -0.39 is 11.9 Å². The fourth-order valence-electron chi connectivity index (χ4n) is 1.19. The second kappa shape index (κ2) is 18.6. The summed E-state index contributed by atoms with van der Waals surface area (Å²) in [5.74, 6) is -0.333. The summed E-state index contributed by atoms with van der Waals surface area (Å²) in [6.07, 6.45) is 1.89. The molecule has 2 aliphatic rings. The van der Waals surface area contributed by atoms with Crippen LogP contribution in [0.5, 0.6) is 0 Å². The van der Waals surface area contributed by atoms with Gasteiger partial charge in [-0.05, 0) is 13.8 Å². The van der Waals surface area contributed by atoms with Gasteiger partial charge in [0.15, 0.2) is 11.8 Å². The molecular formula is C14H24N2O6Pd. The minimum atomic E-state index is -1.08. The van der Waals surface area contributed by atoms with Gasteiger partial charge >= 0.3 is 20.4 Å². The zero-order valence-corrected chi connectivity index (χ0v) is 15.5. The molecule has 2 heterocycles. The first-order chi connectivity index (χ1) is 10.3. The van der Waals surface area contributed by atoms with Crippen LogP contribution in [0.1, 0.15) is 40.5 Å². The molecule has 0 aromatic rings. The molecule has 136 valence electrons. The van der Waals surface area contributed by atoms with Crippen molar-refractivity contribution in [2.75, 3.05) is 26.3 Å². The Balaban J connectivity index is -0.000000238. The molecular weight excluding hydrogens is 399 g/mol. The van der Waals surface area contributed by atoms with E-state index in [2.05, 4.69) is 9.98 Å². The Bertz CT molecular complexity index is 341. The van der Waals surface area contributed by atoms with E-state index in [0.29, 0.717) is 0 Å². The Hall–Kier alpha value is -1.46. The summed E-state index contributed by atoms with van der Waals surface area (Å²) in [7, 11) is 0. The van der Waals surface area contributed by atoms with Gasteiger partial charge in [-0.3, -0.25) is 9.98 Å². The van der Waals surface area contributed by atoms with Crippen molar-refractivity contribution in [2.45, 2.75) is 40.5 Å². The van der Waals surface area contributed by atoms with Crippen LogP contribution in [0.4, 0.5) is 0 Å². The van der Waals surface area contributed by atoms with Crippen molar-refractivity contribution in [1.29, 1.82) is 0 Å². The van der Waals surface area contributed by atoms with Gasteiger partial charge in [0.25, 0.3) is 0 Å². The number of ether oxygens (including phenoxy) is 2. The number of carboxylic acid groups (broad SMARTS) is 2. The molecule has 0 fully saturated rings. The molecule has 2 rings (SSSR count). The summed E-state index contributed by atoms with van der Waals surface area (Å²) in [6.45, 7) is 9.35. The van der Waals surface area contributed by atoms with Crippen molar-refractivity contribution in [3.05, 3.63) is 0 Å². The summed E-state index contributed by atoms with van der Waals surface area (Å²) < 4.78 is 10.1. The normalized spacial score (nSPS) is 13.6. The van der Waals surface area contributed by atoms with Gasteiger partial charge in [-0.25, -0.2) is 0 Å². The van der Waals surface area contributed by atoms with Crippen molar-refractivity contribution < 1.29 is 49.7 Å². The van der Waals surface area contributed by atoms with Crippen LogP contribution in [0, 0.1) is 0 Å². The second-order valence-electron chi connectivity index (χ2n) is 3.94. The van der Waals surface area contributed by atoms with Crippen molar-refractivity contribution in [1.82, 2.24) is 0 Å². The number of hydrogen-bond acceptors (Lipinski definition) is 8. The van der Waals surface area contributed by atoms with E-state index in [1.807, 2.05) is 13.8 Å². The Kier molecular flexibility index (Phi) is 21.4. The molecule has 0 bridgehead atoms. The van der Waals surface area contributed by atoms with Crippen LogP contribution in [-0.4, -0.2) is 50.0 Å². The number of carbonyl (C=O) groups is 2. The minimum absolute atomic E-state index is 0. The molecule has 0 atom stereocenters. The zero-order chi connectivity index (χ0) is 17.4. The summed E-state index contributed by atoms with van der Waals surface area (Å²) in [4.78, 5) is 25.9. The summed E-state index contributed by atoms with van der Waals surface area (Å²) in [5, 5.41) is 17.8. The maximum absolute atomic E-state index is 8.89. The quantitative estimate of drug-likeness (QED) is 0.534. The number of aliphatic carboxylic acids is 2. The molecule has 2 aliphatic heterocycles. The molecule has 0 spiro atoms. The van der Waals surface area contributed by atoms with Crippen molar-refractivity contribution in [3.63, 3.8) is 0 Å². The number of carboxylic acids is 2. The average molecular weight is 423 g/mol. The Labute approximate surface area is 150 Å². The van der Waals surface area contributed by atoms with Crippen LogP contribution in [0.15, 0.2) is 9.98 Å². The molecule has 0 aliphatic carbocycles. The van der Waals surface area contributed by atoms with Gasteiger partial charge in [-0.15, -0.1) is 0 Å². The molecule has 0 aromatic carbocycles. The second-order valence-corrected chi connectivity index (χ2v) is 3.94. The zero-order valence-electron chi connectivity index (χ0n) is 13.9. The van der Waals surface area contributed by atoms with Crippen LogP contribution in [0.3, 0.4) is 0 Å². The summed E-state index contributed by atoms with van der Waals surface area (Å²) in [5.41, 5.74) is 0. The number of rotatable bonds is 2. The van der Waals surface area contributed by atoms with E-state index in [1.165, 1.54) is 0 Å². The first kappa shape index (κ1) is 26.4. The first-order valence-electron chi connectivity index (χ1n) is 7.00. The smallest absolute Gasteiger partial charge is 0.550 e. The number of nitrogens with zero attached hydrogens (tertiary/aromatic N) is 2. The maximum Gasteiger partial charge on any atom is 2.00 e. The number of carbonyl (C=O) groups excluding carboxylic acids is 2. The van der Waals surface area contributed by atoms with Gasteiger partial charge in [0.05, 0.1) is 13.1 Å². The van der Waals surface area contributed by atoms with Crippen LogP contribution < -0.4 is 10.2 Å². The third-order valence-electron chi connectivity index (χ3n) is 1.90. The van der Waals surface area contributed by atoms with Crippen LogP contribution in [0.2, 0.25) is 0 Å². The largest absolute Gasteiger partial charge is 2.00 e. The molecule has 0 radical (unpaired) electrons. The topological polar surface area (TPSA) is 123 Å². The molecule has 9 heteroatoms. The Morgan fingerprint density at radius 2 is 1.17 bits per heavy atom. The fourth-order valence-corrected chi connectivity index (χ4v) is 1.19. The van der Waals surface area contributed by atoms with E-state index in [9.17, 15) is 0 Å². The molecule has 0 saturated heterocycles. The van der Waals surface area contributed by atoms with E-state index in [-0.39, 0.29) is 20.4 Å². The van der Waals surface area contributed by atoms with Crippen molar-refractivity contribution in [2.24, 2.45) is 9.98 Å². The first-order valence-corrected chi connectivity index (χ1v) is 7.00. The van der Waals surface area contributed by atoms with Gasteiger partial charge in [0.2, 0.25) is 0 Å². The van der Waals surface area contributed by atoms with Crippen molar-refractivity contribution >= 4 is 23.7 Å². The molecule has 0 amide bonds. The molecule has 0 unspecified atom stereocenters. The standard InChI is InChI=1S/2C5H9NO.2C2H4O2.Pd/c2*1-2-5-6-3-4-7-5;2*1-2(3)4;/h2*2-4H2,1H3;2*1H3,(H,3,4);/q;;;;+2/p-2. The SMILES string of the molecule is CC(=O)[O-].CC(=O)[O-].CCC1=NCCO1.CCC1=NCCO1.[Pd+2]. The average Bonchev–Trinajstić information content (AvgIpc) is 3.11. The summed E-state index contributed by atoms with van der Waals surface area (Å²) >= 11 is 0. The molecule has 8 nitrogen and oxygen atoms in total. The number of aliphatic imine (C=N–C) groups is 2. The maximum atomic E-state index is 8.89. The minimum Gasteiger partial charge on any atom is -0.550 e. The van der Waals surface area contributed by atoms with Gasteiger partial charge in [-0.1, -0.05) is 13.8 Å². The van der Waals surface area contributed by atoms with Gasteiger partial charge in [-0.2, -0.15) is 0 Å². The van der Waals surface area contributed by atoms with E-state index in [4.69, 9.17) is 29.3 Å². The molecule has 23 heavy (non-hydrogen) atoms. The van der Waals surface area contributed by atoms with Gasteiger partial charge < -0.3 is 29.3 Å². The summed E-state index contributed by atoms with van der Waals surface area (Å²) in [6, 6.07) is 0. The van der Waals surface area contributed by atoms with Crippen LogP contribution >= 0.6 is 0 Å². The molecule has 0 N–H and O–H groups in total. The monoisotopic (exact) mass is 422 g/mol. The van der Waals surface area contributed by atoms with Crippen molar-refractivity contribution in [3.8, 4) is 0 Å². The fraction of sp³-hybridized carbons (Fsp3) is 0.714. The third kappa shape index (κ3) is 25.8. The van der Waals surface area contributed by atoms with E-state index in [1.54, 1.807) is 0 Å². The van der Waals surface area contributed by atoms with Crippen LogP contribution in [0.25, 0.3) is 0 Å².